The first-order chi connectivity index (χ1) is 22.5. The van der Waals surface area contributed by atoms with E-state index in [-0.39, 0.29) is 29.8 Å². The average Bonchev–Trinajstić information content (AvgIpc) is 3.60. The third kappa shape index (κ3) is 4.24. The summed E-state index contributed by atoms with van der Waals surface area (Å²) in [5, 5.41) is 2.72. The maximum absolute atomic E-state index is 13.6. The summed E-state index contributed by atoms with van der Waals surface area (Å²) in [6, 6.07) is 17.0. The number of nitrogens with one attached hydrogen (secondary N) is 2. The molecular weight excluding hydrogens is 568 g/mol. The van der Waals surface area contributed by atoms with Crippen LogP contribution in [0.4, 0.5) is 0 Å². The molecule has 2 aromatic heterocycles. The highest BCUT2D eigenvalue weighted by Crippen LogP contribution is 2.52. The number of methoxy groups -OCH3 is 1. The number of ether oxygens (including phenoxy) is 1. The van der Waals surface area contributed by atoms with Crippen LogP contribution < -0.4 is 0 Å². The van der Waals surface area contributed by atoms with Gasteiger partial charge in [-0.3, -0.25) is 9.69 Å². The first kappa shape index (κ1) is 29.1. The maximum atomic E-state index is 13.6. The molecule has 0 spiro atoms. The van der Waals surface area contributed by atoms with Crippen LogP contribution in [0.2, 0.25) is 0 Å². The standard InChI is InChI=1S/C40H50N4O2/c1-5-23-15-22-16-32-37-28(13-14-44(20-22)39(23)32)27-12-11-25(17-34(27)42-37)30-18-29-24(6-2)21-43(3)35(36(29)40(45)46-4)19-31-26-9-7-8-10-33(26)41-38(30)31/h7-12,17,22-24,29-30,32,35-36,39,41-42H,5-6,13-16,18-21H2,1-4H3/t22-,23+,24+,29+,30-,32+,35+,36+,39+/m1/s1. The van der Waals surface area contributed by atoms with Gasteiger partial charge >= 0.3 is 5.97 Å². The van der Waals surface area contributed by atoms with Gasteiger partial charge in [0.05, 0.1) is 13.0 Å². The molecule has 2 aromatic carbocycles. The van der Waals surface area contributed by atoms with Crippen LogP contribution in [0.3, 0.4) is 0 Å². The predicted molar refractivity (Wildman–Crippen MR) is 184 cm³/mol. The Morgan fingerprint density at radius 1 is 0.913 bits per heavy atom. The van der Waals surface area contributed by atoms with Crippen molar-refractivity contribution >= 4 is 27.8 Å². The molecule has 4 aromatic rings. The fourth-order valence-corrected chi connectivity index (χ4v) is 11.6. The number of H-pyrrole nitrogens is 2. The predicted octanol–water partition coefficient (Wildman–Crippen LogP) is 7.23. The summed E-state index contributed by atoms with van der Waals surface area (Å²) in [5.74, 6) is 3.07. The zero-order valence-electron chi connectivity index (χ0n) is 28.0. The van der Waals surface area contributed by atoms with E-state index in [9.17, 15) is 4.79 Å². The van der Waals surface area contributed by atoms with Crippen molar-refractivity contribution in [2.75, 3.05) is 33.8 Å². The Morgan fingerprint density at radius 3 is 2.54 bits per heavy atom. The zero-order valence-corrected chi connectivity index (χ0v) is 28.0. The largest absolute Gasteiger partial charge is 0.469 e. The number of para-hydroxylation sites is 1. The fraction of sp³-hybridized carbons (Fsp3) is 0.575. The van der Waals surface area contributed by atoms with E-state index in [0.29, 0.717) is 17.9 Å². The van der Waals surface area contributed by atoms with Crippen LogP contribution in [0.1, 0.15) is 85.9 Å². The Kier molecular flexibility index (Phi) is 6.94. The van der Waals surface area contributed by atoms with Crippen LogP contribution in [0.25, 0.3) is 21.8 Å². The number of esters is 1. The Bertz CT molecular complexity index is 1800. The summed E-state index contributed by atoms with van der Waals surface area (Å²) < 4.78 is 5.56. The number of carbonyl (C=O) groups excluding carboxylic acids is 1. The van der Waals surface area contributed by atoms with Gasteiger partial charge < -0.3 is 19.6 Å². The molecule has 1 saturated carbocycles. The minimum atomic E-state index is -0.125. The Hall–Kier alpha value is -3.09. The zero-order chi connectivity index (χ0) is 31.3. The van der Waals surface area contributed by atoms with Gasteiger partial charge in [-0.2, -0.15) is 0 Å². The van der Waals surface area contributed by atoms with E-state index in [2.05, 4.69) is 83.1 Å². The lowest BCUT2D eigenvalue weighted by molar-refractivity contribution is -0.155. The average molecular weight is 619 g/mol. The van der Waals surface area contributed by atoms with Gasteiger partial charge in [-0.25, -0.2) is 0 Å². The number of aromatic nitrogens is 2. The highest BCUT2D eigenvalue weighted by molar-refractivity contribution is 5.88. The molecule has 2 N–H and O–H groups in total. The van der Waals surface area contributed by atoms with Gasteiger partial charge in [0.25, 0.3) is 0 Å². The van der Waals surface area contributed by atoms with Crippen molar-refractivity contribution in [3.05, 3.63) is 70.5 Å². The first-order valence-corrected chi connectivity index (χ1v) is 18.2. The van der Waals surface area contributed by atoms with Gasteiger partial charge in [-0.05, 0) is 91.6 Å². The van der Waals surface area contributed by atoms with Crippen molar-refractivity contribution in [3.63, 3.8) is 0 Å². The number of hydrogen-bond donors (Lipinski definition) is 2. The number of likely N-dealkylation sites (tertiary alicyclic amines) is 1. The van der Waals surface area contributed by atoms with Crippen molar-refractivity contribution in [2.45, 2.75) is 82.7 Å². The topological polar surface area (TPSA) is 64.4 Å². The van der Waals surface area contributed by atoms with Crippen molar-refractivity contribution in [3.8, 4) is 0 Å². The van der Waals surface area contributed by atoms with E-state index < -0.39 is 0 Å². The molecule has 6 aliphatic rings. The number of rotatable bonds is 4. The molecule has 6 nitrogen and oxygen atoms in total. The molecule has 4 aliphatic heterocycles. The number of carbonyl (C=O) groups is 1. The third-order valence-electron chi connectivity index (χ3n) is 13.6. The Labute approximate surface area is 273 Å². The number of piperidine rings is 3. The minimum absolute atomic E-state index is 0.0354. The number of nitrogens with zero attached hydrogens (tertiary/aromatic N) is 2. The van der Waals surface area contributed by atoms with Gasteiger partial charge in [0.1, 0.15) is 0 Å². The molecule has 3 saturated heterocycles. The number of hydrogen-bond acceptors (Lipinski definition) is 4. The number of aromatic amines is 2. The molecular formula is C40H50N4O2. The molecule has 0 radical (unpaired) electrons. The lowest BCUT2D eigenvalue weighted by Gasteiger charge is -2.53. The molecule has 0 amide bonds. The molecule has 6 heterocycles. The fourth-order valence-electron chi connectivity index (χ4n) is 11.6. The van der Waals surface area contributed by atoms with E-state index in [1.54, 1.807) is 18.4 Å². The highest BCUT2D eigenvalue weighted by atomic mass is 16.5. The molecule has 4 fully saturated rings. The Balaban J connectivity index is 1.18. The summed E-state index contributed by atoms with van der Waals surface area (Å²) in [5.41, 5.74) is 9.73. The monoisotopic (exact) mass is 618 g/mol. The number of benzene rings is 2. The van der Waals surface area contributed by atoms with Gasteiger partial charge in [0, 0.05) is 76.7 Å². The third-order valence-corrected chi connectivity index (χ3v) is 13.6. The lowest BCUT2D eigenvalue weighted by Crippen LogP contribution is -2.56. The first-order valence-electron chi connectivity index (χ1n) is 18.2. The molecule has 242 valence electrons. The second-order valence-corrected chi connectivity index (χ2v) is 15.6. The molecule has 2 aliphatic carbocycles. The number of likely N-dealkylation sites (N-methyl/N-ethyl adjacent to an activating group) is 1. The smallest absolute Gasteiger partial charge is 0.310 e. The van der Waals surface area contributed by atoms with Crippen LogP contribution in [0, 0.1) is 29.6 Å². The summed E-state index contributed by atoms with van der Waals surface area (Å²) in [6.45, 7) is 8.24. The van der Waals surface area contributed by atoms with E-state index in [1.807, 2.05) is 0 Å². The minimum Gasteiger partial charge on any atom is -0.469 e. The van der Waals surface area contributed by atoms with Crippen LogP contribution >= 0.6 is 0 Å². The van der Waals surface area contributed by atoms with Crippen molar-refractivity contribution in [1.29, 1.82) is 0 Å². The maximum Gasteiger partial charge on any atom is 0.310 e. The van der Waals surface area contributed by atoms with E-state index in [0.717, 1.165) is 44.1 Å². The highest BCUT2D eigenvalue weighted by Gasteiger charge is 2.50. The van der Waals surface area contributed by atoms with Crippen LogP contribution in [-0.4, -0.2) is 71.6 Å². The SMILES string of the molecule is CC[C@H]1CN(C)[C@H]2Cc3c([nH]c4ccccc34)[C@@H](c3ccc4c5c([nH]c4c3)[C@@H]3C[C@H]4C[C@H](CC)[C@@H]3N(CC5)C4)C[C@@H]1[C@@H]2C(=O)OC. The summed E-state index contributed by atoms with van der Waals surface area (Å²) in [4.78, 5) is 27.0. The Morgan fingerprint density at radius 2 is 1.72 bits per heavy atom. The van der Waals surface area contributed by atoms with Crippen molar-refractivity contribution in [2.24, 2.45) is 29.6 Å². The number of fused-ring (bicyclic) bond motifs is 9. The molecule has 1 unspecified atom stereocenters. The summed E-state index contributed by atoms with van der Waals surface area (Å²) >= 11 is 0. The molecule has 10 atom stereocenters. The van der Waals surface area contributed by atoms with Gasteiger partial charge in [-0.15, -0.1) is 0 Å². The van der Waals surface area contributed by atoms with Crippen LogP contribution in [0.5, 0.6) is 0 Å². The lowest BCUT2D eigenvalue weighted by atomic mass is 9.64. The second-order valence-electron chi connectivity index (χ2n) is 15.6. The van der Waals surface area contributed by atoms with Crippen LogP contribution in [-0.2, 0) is 22.4 Å². The van der Waals surface area contributed by atoms with Gasteiger partial charge in [0.2, 0.25) is 0 Å². The van der Waals surface area contributed by atoms with E-state index in [1.165, 1.54) is 71.0 Å². The van der Waals surface area contributed by atoms with E-state index >= 15 is 0 Å². The van der Waals surface area contributed by atoms with Gasteiger partial charge in [0.15, 0.2) is 0 Å². The van der Waals surface area contributed by atoms with Crippen molar-refractivity contribution in [1.82, 2.24) is 19.8 Å². The molecule has 46 heavy (non-hydrogen) atoms. The second kappa shape index (κ2) is 11.0. The molecule has 6 heteroatoms. The summed E-state index contributed by atoms with van der Waals surface area (Å²) in [6.07, 6.45) is 8.10. The van der Waals surface area contributed by atoms with E-state index in [4.69, 9.17) is 4.74 Å². The summed E-state index contributed by atoms with van der Waals surface area (Å²) in [7, 11) is 3.80. The van der Waals surface area contributed by atoms with Crippen LogP contribution in [0.15, 0.2) is 42.5 Å². The quantitative estimate of drug-likeness (QED) is 0.237. The van der Waals surface area contributed by atoms with Gasteiger partial charge in [-0.1, -0.05) is 57.0 Å². The van der Waals surface area contributed by atoms with Crippen molar-refractivity contribution < 1.29 is 9.53 Å². The molecule has 10 rings (SSSR count). The normalized spacial score (nSPS) is 35.3. The molecule has 6 bridgehead atoms.